The Bertz CT molecular complexity index is 1930. The number of para-hydroxylation sites is 1. The van der Waals surface area contributed by atoms with Crippen LogP contribution >= 0.6 is 18.7 Å². The van der Waals surface area contributed by atoms with Crippen molar-refractivity contribution < 1.29 is 18.9 Å². The van der Waals surface area contributed by atoms with E-state index in [1.807, 2.05) is 48.7 Å². The van der Waals surface area contributed by atoms with Gasteiger partial charge in [0.05, 0.1) is 36.6 Å². The van der Waals surface area contributed by atoms with E-state index in [0.717, 1.165) is 37.2 Å². The number of benzene rings is 2. The normalized spacial score (nSPS) is 15.6. The van der Waals surface area contributed by atoms with E-state index in [9.17, 15) is 14.2 Å². The summed E-state index contributed by atoms with van der Waals surface area (Å²) in [6.07, 6.45) is 7.23. The van der Waals surface area contributed by atoms with Gasteiger partial charge in [-0.05, 0) is 69.1 Å². The highest BCUT2D eigenvalue weighted by Gasteiger charge is 2.26. The van der Waals surface area contributed by atoms with Crippen LogP contribution in [0.15, 0.2) is 67.1 Å². The molecule has 2 aliphatic rings. The Labute approximate surface area is 296 Å². The quantitative estimate of drug-likeness (QED) is 0.162. The Balaban J connectivity index is 1.07. The third-order valence-electron chi connectivity index (χ3n) is 8.94. The van der Waals surface area contributed by atoms with E-state index in [-0.39, 0.29) is 12.3 Å². The maximum atomic E-state index is 12.9. The fraction of sp³-hybridized carbons (Fsp3) is 0.343. The van der Waals surface area contributed by atoms with Crippen LogP contribution in [0, 0.1) is 0 Å². The summed E-state index contributed by atoms with van der Waals surface area (Å²) in [7, 11) is 1.21. The number of hydrogen-bond acceptors (Lipinski definition) is 11. The molecule has 0 unspecified atom stereocenters. The molecule has 3 N–H and O–H groups in total. The number of imide groups is 1. The number of urea groups is 1. The van der Waals surface area contributed by atoms with Crippen molar-refractivity contribution in [2.45, 2.75) is 31.8 Å². The Kier molecular flexibility index (Phi) is 10.6. The average Bonchev–Trinajstić information content (AvgIpc) is 3.10. The van der Waals surface area contributed by atoms with Gasteiger partial charge in [0, 0.05) is 61.9 Å². The van der Waals surface area contributed by atoms with Crippen LogP contribution in [-0.2, 0) is 15.9 Å². The van der Waals surface area contributed by atoms with Crippen molar-refractivity contribution in [1.82, 2.24) is 25.2 Å². The third-order valence-corrected chi connectivity index (χ3v) is 10.8. The molecule has 6 rings (SSSR count). The van der Waals surface area contributed by atoms with Gasteiger partial charge in [0.2, 0.25) is 11.9 Å². The lowest BCUT2D eigenvalue weighted by molar-refractivity contribution is -0.120. The fourth-order valence-electron chi connectivity index (χ4n) is 6.29. The van der Waals surface area contributed by atoms with E-state index in [0.29, 0.717) is 64.0 Å². The van der Waals surface area contributed by atoms with Crippen LogP contribution in [0.2, 0.25) is 5.02 Å². The summed E-state index contributed by atoms with van der Waals surface area (Å²) in [5, 5.41) is 9.90. The number of nitrogens with zero attached hydrogens (tertiary/aromatic N) is 6. The highest BCUT2D eigenvalue weighted by atomic mass is 35.5. The molecule has 50 heavy (non-hydrogen) atoms. The molecule has 2 aromatic heterocycles. The van der Waals surface area contributed by atoms with Gasteiger partial charge in [0.15, 0.2) is 5.82 Å². The highest BCUT2D eigenvalue weighted by Crippen LogP contribution is 2.39. The van der Waals surface area contributed by atoms with Crippen molar-refractivity contribution in [3.8, 4) is 5.75 Å². The molecule has 0 saturated carbocycles. The molecule has 15 heteroatoms. The number of amides is 3. The molecule has 13 nitrogen and oxygen atoms in total. The molecule has 0 radical (unpaired) electrons. The molecule has 3 amide bonds. The average molecular weight is 718 g/mol. The minimum absolute atomic E-state index is 0.256. The summed E-state index contributed by atoms with van der Waals surface area (Å²) in [4.78, 5) is 43.4. The number of carbonyl (C=O) groups excluding carboxylic acids is 2. The first kappa shape index (κ1) is 35.1. The Morgan fingerprint density at radius 1 is 1.00 bits per heavy atom. The summed E-state index contributed by atoms with van der Waals surface area (Å²) in [6.45, 7) is 6.25. The summed E-state index contributed by atoms with van der Waals surface area (Å²) < 4.78 is 18.6. The van der Waals surface area contributed by atoms with E-state index in [1.54, 1.807) is 31.5 Å². The highest BCUT2D eigenvalue weighted by molar-refractivity contribution is 7.70. The maximum Gasteiger partial charge on any atom is 0.328 e. The topological polar surface area (TPSA) is 145 Å². The molecule has 0 spiro atoms. The Morgan fingerprint density at radius 2 is 1.78 bits per heavy atom. The van der Waals surface area contributed by atoms with Crippen LogP contribution in [0.5, 0.6) is 5.75 Å². The van der Waals surface area contributed by atoms with Crippen LogP contribution in [0.25, 0.3) is 0 Å². The predicted molar refractivity (Wildman–Crippen MR) is 199 cm³/mol. The van der Waals surface area contributed by atoms with Gasteiger partial charge in [-0.3, -0.25) is 24.9 Å². The van der Waals surface area contributed by atoms with E-state index in [2.05, 4.69) is 53.8 Å². The molecule has 2 fully saturated rings. The molecule has 0 bridgehead atoms. The largest absolute Gasteiger partial charge is 0.494 e. The SMILES string of the molecule is COc1cc(N2CCC(N(C)Cc3cncc(N4CCC(=O)NC4=O)c3)CC2)ccc1Nc1ncc(Cl)c(Nc2ccccc2P(C)(C)=O)n1. The van der Waals surface area contributed by atoms with Crippen LogP contribution in [-0.4, -0.2) is 85.0 Å². The molecule has 4 aromatic rings. The summed E-state index contributed by atoms with van der Waals surface area (Å²) in [6, 6.07) is 15.4. The first-order valence-electron chi connectivity index (χ1n) is 16.4. The standard InChI is InChI=1S/C35H41ClN9O4P/c1-43(22-23-17-26(20-37-19-23)45-16-13-32(46)41-35(45)47)24-11-14-44(15-12-24)25-9-10-28(30(18-25)49-2)40-34-38-21-27(36)33(42-34)39-29-7-5-6-8-31(29)50(3,4)48/h5-10,17-21,24H,11-16,22H2,1-4H3,(H,41,46,47)(H2,38,39,40,42). The molecular weight excluding hydrogens is 677 g/mol. The molecule has 2 saturated heterocycles. The number of pyridine rings is 1. The molecule has 262 valence electrons. The Hall–Kier alpha value is -4.71. The second-order valence-corrected chi connectivity index (χ2v) is 16.4. The second kappa shape index (κ2) is 15.0. The smallest absolute Gasteiger partial charge is 0.328 e. The lowest BCUT2D eigenvalue weighted by atomic mass is 10.0. The maximum absolute atomic E-state index is 12.9. The van der Waals surface area contributed by atoms with Crippen molar-refractivity contribution in [3.63, 3.8) is 0 Å². The number of hydrogen-bond donors (Lipinski definition) is 3. The number of piperidine rings is 1. The lowest BCUT2D eigenvalue weighted by Gasteiger charge is -2.38. The van der Waals surface area contributed by atoms with Gasteiger partial charge in [0.25, 0.3) is 0 Å². The zero-order valence-corrected chi connectivity index (χ0v) is 30.2. The number of anilines is 6. The van der Waals surface area contributed by atoms with Crippen LogP contribution in [0.1, 0.15) is 24.8 Å². The van der Waals surface area contributed by atoms with Gasteiger partial charge in [-0.25, -0.2) is 9.78 Å². The number of nitrogens with one attached hydrogen (secondary N) is 3. The zero-order chi connectivity index (χ0) is 35.4. The second-order valence-electron chi connectivity index (χ2n) is 12.8. The molecular formula is C35H41ClN9O4P. The van der Waals surface area contributed by atoms with E-state index in [4.69, 9.17) is 16.3 Å². The monoisotopic (exact) mass is 717 g/mol. The van der Waals surface area contributed by atoms with Crippen molar-refractivity contribution in [2.24, 2.45) is 0 Å². The minimum atomic E-state index is -2.54. The number of methoxy groups -OCH3 is 1. The van der Waals surface area contributed by atoms with Gasteiger partial charge >= 0.3 is 6.03 Å². The summed E-state index contributed by atoms with van der Waals surface area (Å²) in [5.41, 5.74) is 4.14. The molecule has 2 aromatic carbocycles. The zero-order valence-electron chi connectivity index (χ0n) is 28.5. The van der Waals surface area contributed by atoms with Gasteiger partial charge in [0.1, 0.15) is 17.9 Å². The van der Waals surface area contributed by atoms with Crippen LogP contribution in [0.4, 0.5) is 39.3 Å². The molecule has 0 atom stereocenters. The Morgan fingerprint density at radius 3 is 2.52 bits per heavy atom. The predicted octanol–water partition coefficient (Wildman–Crippen LogP) is 5.82. The van der Waals surface area contributed by atoms with Gasteiger partial charge < -0.3 is 24.8 Å². The summed E-state index contributed by atoms with van der Waals surface area (Å²) in [5.74, 6) is 1.12. The first-order valence-corrected chi connectivity index (χ1v) is 19.4. The van der Waals surface area contributed by atoms with Crippen LogP contribution in [0.3, 0.4) is 0 Å². The van der Waals surface area contributed by atoms with E-state index >= 15 is 0 Å². The lowest BCUT2D eigenvalue weighted by Crippen LogP contribution is -2.49. The van der Waals surface area contributed by atoms with E-state index in [1.165, 1.54) is 6.20 Å². The number of aromatic nitrogens is 3. The third kappa shape index (κ3) is 8.18. The number of halogens is 1. The molecule has 4 heterocycles. The first-order chi connectivity index (χ1) is 24.0. The number of carbonyl (C=O) groups is 2. The van der Waals surface area contributed by atoms with Crippen molar-refractivity contribution in [3.05, 3.63) is 77.7 Å². The van der Waals surface area contributed by atoms with Crippen molar-refractivity contribution in [1.29, 1.82) is 0 Å². The number of ether oxygens (including phenoxy) is 1. The van der Waals surface area contributed by atoms with Crippen molar-refractivity contribution in [2.75, 3.05) is 67.6 Å². The van der Waals surface area contributed by atoms with Gasteiger partial charge in [-0.1, -0.05) is 23.7 Å². The molecule has 2 aliphatic heterocycles. The fourth-order valence-corrected chi connectivity index (χ4v) is 7.59. The minimum Gasteiger partial charge on any atom is -0.494 e. The van der Waals surface area contributed by atoms with E-state index < -0.39 is 13.2 Å². The van der Waals surface area contributed by atoms with Crippen molar-refractivity contribution >= 4 is 70.5 Å². The van der Waals surface area contributed by atoms with Gasteiger partial charge in [-0.2, -0.15) is 4.98 Å². The molecule has 0 aliphatic carbocycles. The van der Waals surface area contributed by atoms with Gasteiger partial charge in [-0.15, -0.1) is 0 Å². The number of rotatable bonds is 11. The van der Waals surface area contributed by atoms with Crippen LogP contribution < -0.4 is 35.8 Å². The summed E-state index contributed by atoms with van der Waals surface area (Å²) >= 11 is 6.45.